The van der Waals surface area contributed by atoms with Crippen LogP contribution in [0.2, 0.25) is 0 Å². The molecule has 1 aromatic rings. The Morgan fingerprint density at radius 3 is 2.62 bits per heavy atom. The van der Waals surface area contributed by atoms with Crippen molar-refractivity contribution in [3.63, 3.8) is 0 Å². The Labute approximate surface area is 80.0 Å². The molecule has 0 unspecified atom stereocenters. The van der Waals surface area contributed by atoms with Crippen molar-refractivity contribution >= 4 is 5.57 Å². The number of ether oxygens (including phenoxy) is 1. The van der Waals surface area contributed by atoms with Gasteiger partial charge in [0.1, 0.15) is 0 Å². The number of allylic oxidation sites excluding steroid dienone is 1. The molecule has 0 bridgehead atoms. The van der Waals surface area contributed by atoms with E-state index in [9.17, 15) is 0 Å². The number of hydrogen-bond acceptors (Lipinski definition) is 1. The number of benzene rings is 1. The maximum Gasteiger partial charge on any atom is 0.0870 e. The van der Waals surface area contributed by atoms with Crippen LogP contribution in [0.1, 0.15) is 25.8 Å². The van der Waals surface area contributed by atoms with Crippen molar-refractivity contribution in [2.45, 2.75) is 20.3 Å². The second-order valence-corrected chi connectivity index (χ2v) is 3.04. The normalized spacial score (nSPS) is 11.4. The SMILES string of the molecule is CCCO/C=C(\C)c1ccccc1. The molecule has 0 saturated carbocycles. The lowest BCUT2D eigenvalue weighted by Gasteiger charge is -2.02. The van der Waals surface area contributed by atoms with E-state index < -0.39 is 0 Å². The summed E-state index contributed by atoms with van der Waals surface area (Å²) in [7, 11) is 0. The average Bonchev–Trinajstić information content (AvgIpc) is 2.19. The van der Waals surface area contributed by atoms with Gasteiger partial charge in [0.25, 0.3) is 0 Å². The molecule has 0 heterocycles. The maximum absolute atomic E-state index is 5.34. The highest BCUT2D eigenvalue weighted by Crippen LogP contribution is 2.12. The van der Waals surface area contributed by atoms with Crippen molar-refractivity contribution in [2.24, 2.45) is 0 Å². The van der Waals surface area contributed by atoms with Gasteiger partial charge >= 0.3 is 0 Å². The third kappa shape index (κ3) is 3.32. The second kappa shape index (κ2) is 5.41. The first-order valence-electron chi connectivity index (χ1n) is 4.68. The van der Waals surface area contributed by atoms with E-state index in [4.69, 9.17) is 4.74 Å². The summed E-state index contributed by atoms with van der Waals surface area (Å²) in [6.07, 6.45) is 2.89. The molecule has 13 heavy (non-hydrogen) atoms. The first-order valence-corrected chi connectivity index (χ1v) is 4.68. The van der Waals surface area contributed by atoms with Crippen LogP contribution in [0.4, 0.5) is 0 Å². The Morgan fingerprint density at radius 2 is 2.00 bits per heavy atom. The molecule has 0 aliphatic carbocycles. The van der Waals surface area contributed by atoms with Gasteiger partial charge in [0.15, 0.2) is 0 Å². The summed E-state index contributed by atoms with van der Waals surface area (Å²) in [6, 6.07) is 10.3. The van der Waals surface area contributed by atoms with E-state index in [1.54, 1.807) is 0 Å². The molecule has 0 spiro atoms. The van der Waals surface area contributed by atoms with Gasteiger partial charge in [-0.1, -0.05) is 37.3 Å². The Kier molecular flexibility index (Phi) is 4.10. The predicted octanol–water partition coefficient (Wildman–Crippen LogP) is 3.47. The molecule has 1 heteroatoms. The van der Waals surface area contributed by atoms with E-state index in [1.807, 2.05) is 24.5 Å². The molecular weight excluding hydrogens is 160 g/mol. The number of rotatable bonds is 4. The maximum atomic E-state index is 5.34. The molecule has 0 amide bonds. The highest BCUT2D eigenvalue weighted by Gasteiger charge is 1.92. The Morgan fingerprint density at radius 1 is 1.31 bits per heavy atom. The second-order valence-electron chi connectivity index (χ2n) is 3.04. The summed E-state index contributed by atoms with van der Waals surface area (Å²) >= 11 is 0. The third-order valence-corrected chi connectivity index (χ3v) is 1.81. The molecule has 0 atom stereocenters. The van der Waals surface area contributed by atoms with Gasteiger partial charge in [0.05, 0.1) is 12.9 Å². The van der Waals surface area contributed by atoms with Gasteiger partial charge in [-0.15, -0.1) is 0 Å². The predicted molar refractivity (Wildman–Crippen MR) is 56.3 cm³/mol. The van der Waals surface area contributed by atoms with Crippen LogP contribution in [-0.2, 0) is 4.74 Å². The van der Waals surface area contributed by atoms with Crippen LogP contribution in [0, 0.1) is 0 Å². The quantitative estimate of drug-likeness (QED) is 0.504. The van der Waals surface area contributed by atoms with E-state index >= 15 is 0 Å². The molecule has 0 aliphatic rings. The van der Waals surface area contributed by atoms with Crippen LogP contribution >= 0.6 is 0 Å². The van der Waals surface area contributed by atoms with E-state index in [0.29, 0.717) is 0 Å². The molecule has 0 aliphatic heterocycles. The van der Waals surface area contributed by atoms with Crippen molar-refractivity contribution in [1.82, 2.24) is 0 Å². The van der Waals surface area contributed by atoms with E-state index in [2.05, 4.69) is 26.0 Å². The first-order chi connectivity index (χ1) is 6.34. The molecule has 1 aromatic carbocycles. The van der Waals surface area contributed by atoms with E-state index in [-0.39, 0.29) is 0 Å². The van der Waals surface area contributed by atoms with Gasteiger partial charge in [-0.05, 0) is 24.5 Å². The van der Waals surface area contributed by atoms with Crippen LogP contribution in [-0.4, -0.2) is 6.61 Å². The zero-order valence-corrected chi connectivity index (χ0v) is 8.29. The monoisotopic (exact) mass is 176 g/mol. The van der Waals surface area contributed by atoms with Crippen molar-refractivity contribution in [3.8, 4) is 0 Å². The Hall–Kier alpha value is -1.24. The van der Waals surface area contributed by atoms with Crippen LogP contribution in [0.3, 0.4) is 0 Å². The molecule has 0 N–H and O–H groups in total. The van der Waals surface area contributed by atoms with Crippen molar-refractivity contribution in [2.75, 3.05) is 6.61 Å². The lowest BCUT2D eigenvalue weighted by molar-refractivity contribution is 0.251. The zero-order valence-electron chi connectivity index (χ0n) is 8.29. The zero-order chi connectivity index (χ0) is 9.52. The topological polar surface area (TPSA) is 9.23 Å². The summed E-state index contributed by atoms with van der Waals surface area (Å²) < 4.78 is 5.34. The third-order valence-electron chi connectivity index (χ3n) is 1.81. The minimum Gasteiger partial charge on any atom is -0.501 e. The Balaban J connectivity index is 2.57. The molecule has 0 saturated heterocycles. The molecular formula is C12H16O. The summed E-state index contributed by atoms with van der Waals surface area (Å²) in [5.74, 6) is 0. The van der Waals surface area contributed by atoms with Gasteiger partial charge in [-0.3, -0.25) is 0 Å². The summed E-state index contributed by atoms with van der Waals surface area (Å²) in [4.78, 5) is 0. The standard InChI is InChI=1S/C12H16O/c1-3-9-13-10-11(2)12-7-5-4-6-8-12/h4-8,10H,3,9H2,1-2H3/b11-10+. The minimum atomic E-state index is 0.796. The molecule has 1 nitrogen and oxygen atoms in total. The summed E-state index contributed by atoms with van der Waals surface area (Å²) in [5.41, 5.74) is 2.40. The van der Waals surface area contributed by atoms with Gasteiger partial charge in [-0.2, -0.15) is 0 Å². The van der Waals surface area contributed by atoms with Crippen LogP contribution in [0.15, 0.2) is 36.6 Å². The lowest BCUT2D eigenvalue weighted by atomic mass is 10.1. The van der Waals surface area contributed by atoms with E-state index in [1.165, 1.54) is 11.1 Å². The minimum absolute atomic E-state index is 0.796. The van der Waals surface area contributed by atoms with Crippen molar-refractivity contribution in [1.29, 1.82) is 0 Å². The van der Waals surface area contributed by atoms with Crippen molar-refractivity contribution < 1.29 is 4.74 Å². The van der Waals surface area contributed by atoms with Crippen LogP contribution in [0.25, 0.3) is 5.57 Å². The highest BCUT2D eigenvalue weighted by molar-refractivity contribution is 5.62. The fraction of sp³-hybridized carbons (Fsp3) is 0.333. The first kappa shape index (κ1) is 9.85. The highest BCUT2D eigenvalue weighted by atomic mass is 16.5. The van der Waals surface area contributed by atoms with Gasteiger partial charge < -0.3 is 4.74 Å². The fourth-order valence-electron chi connectivity index (χ4n) is 1.07. The van der Waals surface area contributed by atoms with Crippen molar-refractivity contribution in [3.05, 3.63) is 42.2 Å². The van der Waals surface area contributed by atoms with Gasteiger partial charge in [-0.25, -0.2) is 0 Å². The van der Waals surface area contributed by atoms with E-state index in [0.717, 1.165) is 13.0 Å². The lowest BCUT2D eigenvalue weighted by Crippen LogP contribution is -1.85. The average molecular weight is 176 g/mol. The van der Waals surface area contributed by atoms with Gasteiger partial charge in [0, 0.05) is 0 Å². The summed E-state index contributed by atoms with van der Waals surface area (Å²) in [6.45, 7) is 4.96. The number of hydrogen-bond donors (Lipinski definition) is 0. The smallest absolute Gasteiger partial charge is 0.0870 e. The Bertz CT molecular complexity index is 262. The fourth-order valence-corrected chi connectivity index (χ4v) is 1.07. The molecule has 0 radical (unpaired) electrons. The molecule has 0 aromatic heterocycles. The molecule has 70 valence electrons. The summed E-state index contributed by atoms with van der Waals surface area (Å²) in [5, 5.41) is 0. The largest absolute Gasteiger partial charge is 0.501 e. The molecule has 0 fully saturated rings. The van der Waals surface area contributed by atoms with Gasteiger partial charge in [0.2, 0.25) is 0 Å². The van der Waals surface area contributed by atoms with Crippen LogP contribution < -0.4 is 0 Å². The van der Waals surface area contributed by atoms with Crippen LogP contribution in [0.5, 0.6) is 0 Å². The molecule has 1 rings (SSSR count).